The SMILES string of the molecule is C=C(C(=O)N1CCCCC1C(=O)OCCNc1ccc(N(O)O)c2nonc12)C1CCCCC1. The van der Waals surface area contributed by atoms with Crippen LogP contribution in [0.5, 0.6) is 0 Å². The number of fused-ring (bicyclic) bond motifs is 1. The average Bonchev–Trinajstić information content (AvgIpc) is 3.36. The summed E-state index contributed by atoms with van der Waals surface area (Å²) >= 11 is 0. The van der Waals surface area contributed by atoms with Crippen molar-refractivity contribution < 1.29 is 29.4 Å². The summed E-state index contributed by atoms with van der Waals surface area (Å²) in [7, 11) is 0. The normalized spacial score (nSPS) is 19.1. The van der Waals surface area contributed by atoms with Crippen LogP contribution in [-0.2, 0) is 14.3 Å². The second kappa shape index (κ2) is 10.8. The van der Waals surface area contributed by atoms with Gasteiger partial charge < -0.3 is 15.0 Å². The maximum Gasteiger partial charge on any atom is 0.328 e. The third-order valence-electron chi connectivity index (χ3n) is 6.68. The number of piperidine rings is 1. The lowest BCUT2D eigenvalue weighted by atomic mass is 9.83. The zero-order chi connectivity index (χ0) is 24.1. The van der Waals surface area contributed by atoms with Crippen molar-refractivity contribution in [1.82, 2.24) is 15.2 Å². The molecule has 1 aliphatic heterocycles. The number of rotatable bonds is 8. The van der Waals surface area contributed by atoms with E-state index >= 15 is 0 Å². The van der Waals surface area contributed by atoms with E-state index in [0.29, 0.717) is 29.7 Å². The van der Waals surface area contributed by atoms with Crippen LogP contribution in [-0.4, -0.2) is 63.2 Å². The Hall–Kier alpha value is -3.18. The van der Waals surface area contributed by atoms with Crippen LogP contribution in [0.1, 0.15) is 51.4 Å². The van der Waals surface area contributed by atoms with Crippen molar-refractivity contribution >= 4 is 34.3 Å². The Morgan fingerprint density at radius 1 is 1.12 bits per heavy atom. The molecule has 11 heteroatoms. The van der Waals surface area contributed by atoms with Crippen LogP contribution in [0.3, 0.4) is 0 Å². The molecule has 2 aromatic rings. The summed E-state index contributed by atoms with van der Waals surface area (Å²) in [5.41, 5.74) is 1.66. The van der Waals surface area contributed by atoms with E-state index in [4.69, 9.17) is 9.37 Å². The van der Waals surface area contributed by atoms with E-state index in [-0.39, 0.29) is 41.4 Å². The summed E-state index contributed by atoms with van der Waals surface area (Å²) in [6.45, 7) is 4.99. The van der Waals surface area contributed by atoms with Crippen molar-refractivity contribution in [3.05, 3.63) is 24.3 Å². The number of benzene rings is 1. The van der Waals surface area contributed by atoms with Crippen molar-refractivity contribution in [3.63, 3.8) is 0 Å². The number of nitrogens with one attached hydrogen (secondary N) is 1. The van der Waals surface area contributed by atoms with E-state index in [9.17, 15) is 20.0 Å². The summed E-state index contributed by atoms with van der Waals surface area (Å²) in [6.07, 6.45) is 7.74. The van der Waals surface area contributed by atoms with E-state index in [1.165, 1.54) is 12.5 Å². The number of hydrogen-bond donors (Lipinski definition) is 3. The molecule has 1 aromatic carbocycles. The molecule has 0 bridgehead atoms. The smallest absolute Gasteiger partial charge is 0.328 e. The van der Waals surface area contributed by atoms with Crippen molar-refractivity contribution in [2.24, 2.45) is 5.92 Å². The van der Waals surface area contributed by atoms with Gasteiger partial charge in [-0.05, 0) is 60.5 Å². The second-order valence-electron chi connectivity index (χ2n) is 8.85. The lowest BCUT2D eigenvalue weighted by Crippen LogP contribution is -2.49. The molecule has 0 spiro atoms. The van der Waals surface area contributed by atoms with Crippen LogP contribution >= 0.6 is 0 Å². The number of ether oxygens (including phenoxy) is 1. The third-order valence-corrected chi connectivity index (χ3v) is 6.68. The Morgan fingerprint density at radius 3 is 2.62 bits per heavy atom. The van der Waals surface area contributed by atoms with E-state index in [0.717, 1.165) is 38.5 Å². The number of anilines is 2. The largest absolute Gasteiger partial charge is 0.462 e. The minimum atomic E-state index is -0.590. The fourth-order valence-corrected chi connectivity index (χ4v) is 4.82. The molecule has 2 fully saturated rings. The van der Waals surface area contributed by atoms with Gasteiger partial charge in [-0.3, -0.25) is 15.2 Å². The van der Waals surface area contributed by atoms with E-state index in [2.05, 4.69) is 22.2 Å². The maximum absolute atomic E-state index is 13.1. The van der Waals surface area contributed by atoms with E-state index in [1.54, 1.807) is 11.0 Å². The standard InChI is InChI=1S/C23H31N5O6/c1-15(16-7-3-2-4-8-16)22(29)27-13-6-5-9-19(27)23(30)33-14-12-24-17-10-11-18(28(31)32)21-20(17)25-34-26-21/h10-11,16,19,24,31-32H,1-9,12-14H2. The molecule has 0 radical (unpaired) electrons. The van der Waals surface area contributed by atoms with Gasteiger partial charge in [0.2, 0.25) is 5.91 Å². The molecule has 1 aromatic heterocycles. The third kappa shape index (κ3) is 5.15. The molecule has 1 saturated carbocycles. The Labute approximate surface area is 197 Å². The van der Waals surface area contributed by atoms with Gasteiger partial charge in [0.1, 0.15) is 18.3 Å². The summed E-state index contributed by atoms with van der Waals surface area (Å²) < 4.78 is 10.2. The van der Waals surface area contributed by atoms with Crippen molar-refractivity contribution in [1.29, 1.82) is 0 Å². The summed E-state index contributed by atoms with van der Waals surface area (Å²) in [5, 5.41) is 29.0. The average molecular weight is 474 g/mol. The molecule has 11 nitrogen and oxygen atoms in total. The van der Waals surface area contributed by atoms with Crippen LogP contribution in [0.2, 0.25) is 0 Å². The predicted molar refractivity (Wildman–Crippen MR) is 122 cm³/mol. The number of carbonyl (C=O) groups is 2. The van der Waals surface area contributed by atoms with Gasteiger partial charge in [-0.25, -0.2) is 9.42 Å². The highest BCUT2D eigenvalue weighted by atomic mass is 16.8. The van der Waals surface area contributed by atoms with Crippen LogP contribution in [0.25, 0.3) is 11.0 Å². The zero-order valence-electron chi connectivity index (χ0n) is 19.1. The molecule has 1 saturated heterocycles. The molecule has 1 amide bonds. The first-order valence-corrected chi connectivity index (χ1v) is 11.8. The van der Waals surface area contributed by atoms with E-state index < -0.39 is 12.0 Å². The Bertz CT molecular complexity index is 1030. The molecule has 3 N–H and O–H groups in total. The second-order valence-corrected chi connectivity index (χ2v) is 8.85. The molecule has 2 aliphatic rings. The van der Waals surface area contributed by atoms with Crippen LogP contribution in [0.15, 0.2) is 28.9 Å². The maximum atomic E-state index is 13.1. The van der Waals surface area contributed by atoms with Crippen molar-refractivity contribution in [2.75, 3.05) is 30.2 Å². The number of likely N-dealkylation sites (tertiary alicyclic amines) is 1. The lowest BCUT2D eigenvalue weighted by Gasteiger charge is -2.36. The van der Waals surface area contributed by atoms with Crippen LogP contribution in [0.4, 0.5) is 11.4 Å². The molecular weight excluding hydrogens is 442 g/mol. The first-order valence-electron chi connectivity index (χ1n) is 11.8. The number of esters is 1. The highest BCUT2D eigenvalue weighted by Crippen LogP contribution is 2.32. The quantitative estimate of drug-likeness (QED) is 0.226. The van der Waals surface area contributed by atoms with Crippen molar-refractivity contribution in [2.45, 2.75) is 57.4 Å². The first-order chi connectivity index (χ1) is 16.5. The Morgan fingerprint density at radius 2 is 1.85 bits per heavy atom. The van der Waals surface area contributed by atoms with Gasteiger partial charge in [0.25, 0.3) is 0 Å². The van der Waals surface area contributed by atoms with E-state index in [1.807, 2.05) is 0 Å². The first kappa shape index (κ1) is 24.0. The number of carbonyl (C=O) groups excluding carboxylic acids is 2. The molecule has 1 atom stereocenters. The predicted octanol–water partition coefficient (Wildman–Crippen LogP) is 3.28. The zero-order valence-corrected chi connectivity index (χ0v) is 19.1. The lowest BCUT2D eigenvalue weighted by molar-refractivity contribution is -0.155. The molecule has 4 rings (SSSR count). The number of aromatic nitrogens is 2. The van der Waals surface area contributed by atoms with Crippen LogP contribution < -0.4 is 10.5 Å². The van der Waals surface area contributed by atoms with Gasteiger partial charge in [-0.15, -0.1) is 5.23 Å². The molecule has 34 heavy (non-hydrogen) atoms. The Kier molecular flexibility index (Phi) is 7.63. The van der Waals surface area contributed by atoms with Crippen molar-refractivity contribution in [3.8, 4) is 0 Å². The van der Waals surface area contributed by atoms with Gasteiger partial charge in [0.05, 0.1) is 5.69 Å². The monoisotopic (exact) mass is 473 g/mol. The van der Waals surface area contributed by atoms with Gasteiger partial charge in [0, 0.05) is 18.7 Å². The van der Waals surface area contributed by atoms with Gasteiger partial charge >= 0.3 is 5.97 Å². The fraction of sp³-hybridized carbons (Fsp3) is 0.565. The molecule has 1 unspecified atom stereocenters. The van der Waals surface area contributed by atoms with Crippen LogP contribution in [0, 0.1) is 5.92 Å². The summed E-state index contributed by atoms with van der Waals surface area (Å²) in [4.78, 5) is 27.6. The molecule has 2 heterocycles. The minimum absolute atomic E-state index is 0.0186. The number of nitrogens with zero attached hydrogens (tertiary/aromatic N) is 4. The Balaban J connectivity index is 1.31. The van der Waals surface area contributed by atoms with Gasteiger partial charge in [-0.1, -0.05) is 25.8 Å². The number of hydrogen-bond acceptors (Lipinski definition) is 10. The molecule has 1 aliphatic carbocycles. The topological polar surface area (TPSA) is 141 Å². The minimum Gasteiger partial charge on any atom is -0.462 e. The molecular formula is C23H31N5O6. The fourth-order valence-electron chi connectivity index (χ4n) is 4.82. The van der Waals surface area contributed by atoms with Gasteiger partial charge in [0.15, 0.2) is 11.0 Å². The summed E-state index contributed by atoms with van der Waals surface area (Å²) in [5.74, 6) is -0.317. The van der Waals surface area contributed by atoms with Gasteiger partial charge in [-0.2, -0.15) is 0 Å². The summed E-state index contributed by atoms with van der Waals surface area (Å²) in [6, 6.07) is 2.43. The number of amides is 1. The highest BCUT2D eigenvalue weighted by Gasteiger charge is 2.35. The molecule has 184 valence electrons. The highest BCUT2D eigenvalue weighted by molar-refractivity contribution is 5.96.